The Morgan fingerprint density at radius 1 is 1.06 bits per heavy atom. The minimum absolute atomic E-state index is 0.0575. The molecule has 1 amide bonds. The number of nitrogens with one attached hydrogen (secondary N) is 1. The van der Waals surface area contributed by atoms with Crippen molar-refractivity contribution in [1.29, 1.82) is 0 Å². The third-order valence-corrected chi connectivity index (χ3v) is 8.48. The molecule has 0 fully saturated rings. The number of hydrazine groups is 1. The number of halogens is 3. The number of rotatable bonds is 13. The number of nitrogens with zero attached hydrogens (tertiary/aromatic N) is 5. The summed E-state index contributed by atoms with van der Waals surface area (Å²) in [5.74, 6) is -1.70. The van der Waals surface area contributed by atoms with Gasteiger partial charge in [0.25, 0.3) is 22.2 Å². The van der Waals surface area contributed by atoms with Crippen molar-refractivity contribution >= 4 is 21.9 Å². The van der Waals surface area contributed by atoms with Gasteiger partial charge in [0, 0.05) is 25.3 Å². The van der Waals surface area contributed by atoms with Crippen molar-refractivity contribution in [2.24, 2.45) is 5.28 Å². The highest BCUT2D eigenvalue weighted by Crippen LogP contribution is 2.33. The first-order valence-corrected chi connectivity index (χ1v) is 16.3. The molecule has 49 heavy (non-hydrogen) atoms. The van der Waals surface area contributed by atoms with E-state index in [2.05, 4.69) is 10.4 Å². The highest BCUT2D eigenvalue weighted by molar-refractivity contribution is 7.90. The van der Waals surface area contributed by atoms with Crippen LogP contribution in [0.15, 0.2) is 95.1 Å². The van der Waals surface area contributed by atoms with E-state index >= 15 is 0 Å². The quantitative estimate of drug-likeness (QED) is 0.0640. The van der Waals surface area contributed by atoms with Crippen molar-refractivity contribution < 1.29 is 45.7 Å². The molecule has 2 atom stereocenters. The van der Waals surface area contributed by atoms with E-state index in [4.69, 9.17) is 9.57 Å². The maximum atomic E-state index is 13.6. The Morgan fingerprint density at radius 3 is 2.29 bits per heavy atom. The van der Waals surface area contributed by atoms with Crippen LogP contribution < -0.4 is 4.72 Å². The molecule has 1 aromatic heterocycles. The van der Waals surface area contributed by atoms with Crippen LogP contribution in [0.3, 0.4) is 0 Å². The number of carbonyl (C=O) groups excluding carboxylic acids is 2. The molecule has 1 heterocycles. The molecule has 4 aromatic rings. The number of ether oxygens (including phenoxy) is 1. The molecule has 1 unspecified atom stereocenters. The van der Waals surface area contributed by atoms with Gasteiger partial charge in [0.2, 0.25) is 5.28 Å². The van der Waals surface area contributed by atoms with Gasteiger partial charge < -0.3 is 9.94 Å². The van der Waals surface area contributed by atoms with Gasteiger partial charge in [0.15, 0.2) is 11.7 Å². The molecular weight excluding hydrogens is 669 g/mol. The van der Waals surface area contributed by atoms with Crippen molar-refractivity contribution in [3.05, 3.63) is 107 Å². The Balaban J connectivity index is 1.59. The lowest BCUT2D eigenvalue weighted by molar-refractivity contribution is -0.712. The Labute approximate surface area is 280 Å². The lowest BCUT2D eigenvalue weighted by Gasteiger charge is -2.23. The highest BCUT2D eigenvalue weighted by Gasteiger charge is 2.36. The lowest BCUT2D eigenvalue weighted by Crippen LogP contribution is -2.50. The summed E-state index contributed by atoms with van der Waals surface area (Å²) in [6.07, 6.45) is -6.03. The molecule has 0 aliphatic rings. The average molecular weight is 703 g/mol. The summed E-state index contributed by atoms with van der Waals surface area (Å²) in [5.41, 5.74) is 1.04. The minimum Gasteiger partial charge on any atom is -0.569 e. The summed E-state index contributed by atoms with van der Waals surface area (Å²) in [4.78, 5) is 29.3. The fourth-order valence-electron chi connectivity index (χ4n) is 4.48. The van der Waals surface area contributed by atoms with Crippen LogP contribution >= 0.6 is 0 Å². The number of carbonyl (C=O) groups is 2. The maximum absolute atomic E-state index is 13.6. The second kappa shape index (κ2) is 15.2. The monoisotopic (exact) mass is 702 g/mol. The average Bonchev–Trinajstić information content (AvgIpc) is 3.53. The van der Waals surface area contributed by atoms with Gasteiger partial charge in [-0.25, -0.2) is 17.8 Å². The van der Waals surface area contributed by atoms with E-state index in [1.807, 2.05) is 11.6 Å². The number of hydrogen-bond donors (Lipinski definition) is 1. The number of benzene rings is 3. The third-order valence-electron chi connectivity index (χ3n) is 7.12. The van der Waals surface area contributed by atoms with E-state index in [1.165, 1.54) is 26.1 Å². The second-order valence-corrected chi connectivity index (χ2v) is 12.5. The van der Waals surface area contributed by atoms with Crippen molar-refractivity contribution in [3.63, 3.8) is 0 Å². The van der Waals surface area contributed by atoms with Crippen LogP contribution in [0.2, 0.25) is 0 Å². The van der Waals surface area contributed by atoms with E-state index in [9.17, 15) is 36.4 Å². The molecule has 0 aliphatic carbocycles. The van der Waals surface area contributed by atoms with Crippen LogP contribution in [0, 0.1) is 12.1 Å². The highest BCUT2D eigenvalue weighted by atomic mass is 32.2. The van der Waals surface area contributed by atoms with Crippen LogP contribution in [0.5, 0.6) is 0 Å². The molecule has 0 saturated heterocycles. The molecule has 3 aromatic carbocycles. The van der Waals surface area contributed by atoms with Gasteiger partial charge in [-0.3, -0.25) is 14.4 Å². The van der Waals surface area contributed by atoms with Gasteiger partial charge in [0.05, 0.1) is 28.3 Å². The van der Waals surface area contributed by atoms with Crippen molar-refractivity contribution in [2.45, 2.75) is 57.0 Å². The zero-order valence-electron chi connectivity index (χ0n) is 26.8. The number of aromatic nitrogens is 2. The van der Waals surface area contributed by atoms with Gasteiger partial charge in [0.1, 0.15) is 0 Å². The molecule has 0 saturated carbocycles. The smallest absolute Gasteiger partial charge is 0.435 e. The number of likely N-dealkylation sites (N-methyl/N-ethyl adjacent to an activating group) is 1. The Morgan fingerprint density at radius 2 is 1.69 bits per heavy atom. The van der Waals surface area contributed by atoms with Gasteiger partial charge in [-0.2, -0.15) is 18.3 Å². The number of esters is 1. The fraction of sp³-hybridized carbons (Fsp3) is 0.281. The molecule has 0 aliphatic heterocycles. The molecule has 0 spiro atoms. The van der Waals surface area contributed by atoms with Gasteiger partial charge in [-0.15, -0.1) is 5.01 Å². The Kier molecular flexibility index (Phi) is 11.3. The molecular formula is C32H33F3N6O7S. The number of sulfonamides is 1. The number of hydrogen-bond acceptors (Lipinski definition) is 9. The standard InChI is InChI=1S/C32H33F3N6O7S/c1-5-30(42)47-22(3)48-38-41(44)39(4)28(19-23-9-7-6-8-10-23)31(43)37-49(45,46)26-17-15-25(16-18-26)40-27(20-29(36-40)32(33,34)35)24-13-11-21(2)12-14-24/h6-18,20,22,28H,5,19H2,1-4H3,(H,37,43)/t22?,28-/m0/s1. The van der Waals surface area contributed by atoms with Crippen molar-refractivity contribution in [2.75, 3.05) is 7.05 Å². The Hall–Kier alpha value is -5.45. The van der Waals surface area contributed by atoms with Crippen LogP contribution in [-0.2, 0) is 41.8 Å². The van der Waals surface area contributed by atoms with Crippen LogP contribution in [0.25, 0.3) is 16.9 Å². The van der Waals surface area contributed by atoms with E-state index in [0.29, 0.717) is 11.1 Å². The van der Waals surface area contributed by atoms with E-state index in [1.54, 1.807) is 61.5 Å². The van der Waals surface area contributed by atoms with Gasteiger partial charge in [-0.05, 0) is 42.8 Å². The van der Waals surface area contributed by atoms with Crippen molar-refractivity contribution in [1.82, 2.24) is 19.5 Å². The summed E-state index contributed by atoms with van der Waals surface area (Å²) in [7, 11) is -3.38. The van der Waals surface area contributed by atoms with Crippen LogP contribution in [0.4, 0.5) is 13.2 Å². The summed E-state index contributed by atoms with van der Waals surface area (Å²) in [6, 6.07) is 19.4. The second-order valence-electron chi connectivity index (χ2n) is 10.8. The molecule has 4 rings (SSSR count). The zero-order chi connectivity index (χ0) is 35.9. The van der Waals surface area contributed by atoms with E-state index in [-0.39, 0.29) is 34.1 Å². The van der Waals surface area contributed by atoms with Gasteiger partial charge >= 0.3 is 12.1 Å². The largest absolute Gasteiger partial charge is 0.569 e. The molecule has 17 heteroatoms. The number of aryl methyl sites for hydroxylation is 1. The predicted octanol–water partition coefficient (Wildman–Crippen LogP) is 5.32. The first-order chi connectivity index (χ1) is 23.1. The van der Waals surface area contributed by atoms with Crippen LogP contribution in [0.1, 0.15) is 37.1 Å². The Bertz CT molecular complexity index is 1900. The topological polar surface area (TPSA) is 158 Å². The summed E-state index contributed by atoms with van der Waals surface area (Å²) < 4.78 is 75.4. The van der Waals surface area contributed by atoms with Crippen LogP contribution in [-0.4, -0.2) is 59.4 Å². The first-order valence-electron chi connectivity index (χ1n) is 14.8. The summed E-state index contributed by atoms with van der Waals surface area (Å²) >= 11 is 0. The molecule has 0 bridgehead atoms. The van der Waals surface area contributed by atoms with E-state index in [0.717, 1.165) is 33.5 Å². The molecule has 0 radical (unpaired) electrons. The van der Waals surface area contributed by atoms with Gasteiger partial charge in [-0.1, -0.05) is 67.1 Å². The fourth-order valence-corrected chi connectivity index (χ4v) is 5.49. The lowest BCUT2D eigenvalue weighted by atomic mass is 10.1. The SMILES string of the molecule is CCC(=O)OC(C)ON=[N+]([O-])N(C)[C@@H](Cc1ccccc1)C(=O)NS(=O)(=O)c1ccc(-n2nc(C(F)(F)F)cc2-c2ccc(C)cc2)cc1. The third kappa shape index (κ3) is 9.34. The molecule has 1 N–H and O–H groups in total. The number of alkyl halides is 3. The predicted molar refractivity (Wildman–Crippen MR) is 169 cm³/mol. The van der Waals surface area contributed by atoms with E-state index < -0.39 is 46.1 Å². The minimum atomic E-state index is -4.74. The summed E-state index contributed by atoms with van der Waals surface area (Å²) in [6.45, 7) is 4.71. The maximum Gasteiger partial charge on any atom is 0.435 e. The first kappa shape index (κ1) is 36.4. The summed E-state index contributed by atoms with van der Waals surface area (Å²) in [5, 5.41) is 20.6. The van der Waals surface area contributed by atoms with Crippen molar-refractivity contribution in [3.8, 4) is 16.9 Å². The molecule has 13 nitrogen and oxygen atoms in total. The zero-order valence-corrected chi connectivity index (χ0v) is 27.6. The normalized spacial score (nSPS) is 13.3. The molecule has 260 valence electrons. The number of amides is 1.